The molecule has 1 aliphatic carbocycles. The molecule has 1 amide bonds. The largest absolute Gasteiger partial charge is 0.349 e. The van der Waals surface area contributed by atoms with Crippen molar-refractivity contribution >= 4 is 27.3 Å². The molecule has 3 heteroatoms. The van der Waals surface area contributed by atoms with Gasteiger partial charge in [0.15, 0.2) is 0 Å². The molecular formula is C16H19NOS. The Morgan fingerprint density at radius 3 is 2.79 bits per heavy atom. The van der Waals surface area contributed by atoms with Crippen LogP contribution in [0.2, 0.25) is 0 Å². The van der Waals surface area contributed by atoms with Gasteiger partial charge in [0, 0.05) is 10.7 Å². The third-order valence-electron chi connectivity index (χ3n) is 4.08. The van der Waals surface area contributed by atoms with Crippen molar-refractivity contribution in [2.24, 2.45) is 5.92 Å². The summed E-state index contributed by atoms with van der Waals surface area (Å²) in [5.74, 6) is 0.853. The van der Waals surface area contributed by atoms with Crippen LogP contribution in [0.3, 0.4) is 0 Å². The van der Waals surface area contributed by atoms with Gasteiger partial charge < -0.3 is 5.32 Å². The first kappa shape index (κ1) is 12.7. The summed E-state index contributed by atoms with van der Waals surface area (Å²) in [6.07, 6.45) is 3.48. The van der Waals surface area contributed by atoms with E-state index in [2.05, 4.69) is 24.4 Å². The second-order valence-electron chi connectivity index (χ2n) is 5.64. The molecule has 0 aliphatic heterocycles. The van der Waals surface area contributed by atoms with Gasteiger partial charge in [0.1, 0.15) is 0 Å². The number of amides is 1. The molecule has 0 bridgehead atoms. The van der Waals surface area contributed by atoms with E-state index < -0.39 is 0 Å². The maximum Gasteiger partial charge on any atom is 0.261 e. The molecule has 2 unspecified atom stereocenters. The molecule has 0 saturated heterocycles. The van der Waals surface area contributed by atoms with Gasteiger partial charge in [0.2, 0.25) is 0 Å². The Bertz CT molecular complexity index is 616. The first-order valence-electron chi connectivity index (χ1n) is 6.94. The van der Waals surface area contributed by atoms with E-state index >= 15 is 0 Å². The molecule has 3 rings (SSSR count). The number of benzene rings is 1. The SMILES string of the molecule is Cc1c(C(=O)NC2CCC(C)C2)sc2ccccc12. The van der Waals surface area contributed by atoms with Crippen LogP contribution in [0.1, 0.15) is 41.4 Å². The van der Waals surface area contributed by atoms with Crippen LogP contribution in [0, 0.1) is 12.8 Å². The first-order valence-corrected chi connectivity index (χ1v) is 7.76. The summed E-state index contributed by atoms with van der Waals surface area (Å²) in [6.45, 7) is 4.31. The third-order valence-corrected chi connectivity index (χ3v) is 5.35. The number of thiophene rings is 1. The lowest BCUT2D eigenvalue weighted by molar-refractivity contribution is 0.0941. The maximum atomic E-state index is 12.4. The fraction of sp³-hybridized carbons (Fsp3) is 0.438. The van der Waals surface area contributed by atoms with Crippen LogP contribution in [0.5, 0.6) is 0 Å². The molecule has 1 N–H and O–H groups in total. The van der Waals surface area contributed by atoms with Crippen molar-refractivity contribution in [3.63, 3.8) is 0 Å². The number of carbonyl (C=O) groups excluding carboxylic acids is 1. The highest BCUT2D eigenvalue weighted by Crippen LogP contribution is 2.31. The molecule has 19 heavy (non-hydrogen) atoms. The third kappa shape index (κ3) is 2.39. The summed E-state index contributed by atoms with van der Waals surface area (Å²) in [7, 11) is 0. The Balaban J connectivity index is 1.83. The molecule has 1 saturated carbocycles. The second kappa shape index (κ2) is 4.97. The van der Waals surface area contributed by atoms with Gasteiger partial charge in [0.25, 0.3) is 5.91 Å². The standard InChI is InChI=1S/C16H19NOS/c1-10-7-8-12(9-10)17-16(18)15-11(2)13-5-3-4-6-14(13)19-15/h3-6,10,12H,7-9H2,1-2H3,(H,17,18). The Morgan fingerprint density at radius 1 is 1.32 bits per heavy atom. The van der Waals surface area contributed by atoms with Crippen molar-refractivity contribution in [3.05, 3.63) is 34.7 Å². The lowest BCUT2D eigenvalue weighted by atomic mass is 10.1. The lowest BCUT2D eigenvalue weighted by Crippen LogP contribution is -2.32. The van der Waals surface area contributed by atoms with E-state index in [0.717, 1.165) is 29.2 Å². The predicted octanol–water partition coefficient (Wildman–Crippen LogP) is 4.13. The molecule has 2 nitrogen and oxygen atoms in total. The van der Waals surface area contributed by atoms with Gasteiger partial charge in [0.05, 0.1) is 4.88 Å². The van der Waals surface area contributed by atoms with Crippen molar-refractivity contribution in [1.82, 2.24) is 5.32 Å². The molecular weight excluding hydrogens is 254 g/mol. The van der Waals surface area contributed by atoms with Crippen LogP contribution in [0.15, 0.2) is 24.3 Å². The molecule has 2 aromatic rings. The van der Waals surface area contributed by atoms with Gasteiger partial charge in [-0.25, -0.2) is 0 Å². The average molecular weight is 273 g/mol. The summed E-state index contributed by atoms with van der Waals surface area (Å²) < 4.78 is 1.20. The normalized spacial score (nSPS) is 22.8. The summed E-state index contributed by atoms with van der Waals surface area (Å²) in [5.41, 5.74) is 1.11. The smallest absolute Gasteiger partial charge is 0.261 e. The molecule has 0 spiro atoms. The van der Waals surface area contributed by atoms with E-state index in [1.165, 1.54) is 16.5 Å². The summed E-state index contributed by atoms with van der Waals surface area (Å²) in [6, 6.07) is 8.60. The topological polar surface area (TPSA) is 29.1 Å². The highest BCUT2D eigenvalue weighted by molar-refractivity contribution is 7.21. The second-order valence-corrected chi connectivity index (χ2v) is 6.69. The van der Waals surface area contributed by atoms with Crippen LogP contribution in [-0.4, -0.2) is 11.9 Å². The number of fused-ring (bicyclic) bond motifs is 1. The first-order chi connectivity index (χ1) is 9.15. The molecule has 100 valence electrons. The van der Waals surface area contributed by atoms with Crippen molar-refractivity contribution < 1.29 is 4.79 Å². The van der Waals surface area contributed by atoms with Gasteiger partial charge >= 0.3 is 0 Å². The fourth-order valence-corrected chi connectivity index (χ4v) is 4.09. The Morgan fingerprint density at radius 2 is 2.11 bits per heavy atom. The van der Waals surface area contributed by atoms with E-state index in [1.54, 1.807) is 11.3 Å². The van der Waals surface area contributed by atoms with Crippen molar-refractivity contribution in [1.29, 1.82) is 0 Å². The van der Waals surface area contributed by atoms with Gasteiger partial charge in [-0.1, -0.05) is 25.1 Å². The fourth-order valence-electron chi connectivity index (χ4n) is 2.98. The highest BCUT2D eigenvalue weighted by atomic mass is 32.1. The Labute approximate surface area is 117 Å². The van der Waals surface area contributed by atoms with Crippen LogP contribution >= 0.6 is 11.3 Å². The van der Waals surface area contributed by atoms with Crippen LogP contribution in [0.25, 0.3) is 10.1 Å². The van der Waals surface area contributed by atoms with E-state index in [1.807, 2.05) is 19.1 Å². The monoisotopic (exact) mass is 273 g/mol. The molecule has 1 aromatic carbocycles. The quantitative estimate of drug-likeness (QED) is 0.876. The Hall–Kier alpha value is -1.35. The molecule has 2 atom stereocenters. The number of hydrogen-bond donors (Lipinski definition) is 1. The number of nitrogens with one attached hydrogen (secondary N) is 1. The van der Waals surface area contributed by atoms with Crippen molar-refractivity contribution in [3.8, 4) is 0 Å². The highest BCUT2D eigenvalue weighted by Gasteiger charge is 2.24. The molecule has 1 aromatic heterocycles. The van der Waals surface area contributed by atoms with Gasteiger partial charge in [-0.3, -0.25) is 4.79 Å². The number of hydrogen-bond acceptors (Lipinski definition) is 2. The average Bonchev–Trinajstić information content (AvgIpc) is 2.94. The van der Waals surface area contributed by atoms with Crippen molar-refractivity contribution in [2.75, 3.05) is 0 Å². The van der Waals surface area contributed by atoms with Gasteiger partial charge in [-0.15, -0.1) is 11.3 Å². The molecule has 1 aliphatic rings. The summed E-state index contributed by atoms with van der Waals surface area (Å²) >= 11 is 1.60. The number of carbonyl (C=O) groups is 1. The van der Waals surface area contributed by atoms with Crippen LogP contribution in [-0.2, 0) is 0 Å². The number of rotatable bonds is 2. The van der Waals surface area contributed by atoms with Gasteiger partial charge in [-0.2, -0.15) is 0 Å². The zero-order chi connectivity index (χ0) is 13.4. The Kier molecular flexibility index (Phi) is 3.31. The van der Waals surface area contributed by atoms with E-state index in [-0.39, 0.29) is 5.91 Å². The van der Waals surface area contributed by atoms with E-state index in [4.69, 9.17) is 0 Å². The van der Waals surface area contributed by atoms with Gasteiger partial charge in [-0.05, 0) is 49.1 Å². The lowest BCUT2D eigenvalue weighted by Gasteiger charge is -2.11. The maximum absolute atomic E-state index is 12.4. The minimum absolute atomic E-state index is 0.109. The zero-order valence-corrected chi connectivity index (χ0v) is 12.2. The number of aryl methyl sites for hydroxylation is 1. The molecule has 1 fully saturated rings. The minimum Gasteiger partial charge on any atom is -0.349 e. The summed E-state index contributed by atoms with van der Waals surface area (Å²) in [4.78, 5) is 13.3. The molecule has 1 heterocycles. The van der Waals surface area contributed by atoms with Crippen molar-refractivity contribution in [2.45, 2.75) is 39.2 Å². The zero-order valence-electron chi connectivity index (χ0n) is 11.4. The molecule has 0 radical (unpaired) electrons. The van der Waals surface area contributed by atoms with Crippen LogP contribution < -0.4 is 5.32 Å². The van der Waals surface area contributed by atoms with Crippen LogP contribution in [0.4, 0.5) is 0 Å². The predicted molar refractivity (Wildman–Crippen MR) is 80.8 cm³/mol. The summed E-state index contributed by atoms with van der Waals surface area (Å²) in [5, 5.41) is 4.40. The van der Waals surface area contributed by atoms with E-state index in [0.29, 0.717) is 6.04 Å². The minimum atomic E-state index is 0.109. The van der Waals surface area contributed by atoms with E-state index in [9.17, 15) is 4.79 Å².